The molecule has 0 spiro atoms. The number of rotatable bonds is 3. The fourth-order valence-electron chi connectivity index (χ4n) is 1.68. The van der Waals surface area contributed by atoms with Crippen LogP contribution in [-0.4, -0.2) is 4.98 Å². The smallest absolute Gasteiger partial charge is 0.0307 e. The van der Waals surface area contributed by atoms with Crippen LogP contribution in [0.4, 0.5) is 0 Å². The molecule has 0 aliphatic rings. The fourth-order valence-corrected chi connectivity index (χ4v) is 1.68. The molecule has 1 rings (SSSR count). The summed E-state index contributed by atoms with van der Waals surface area (Å²) in [5.41, 5.74) is 3.08. The van der Waals surface area contributed by atoms with E-state index < -0.39 is 0 Å². The number of nitrogens with zero attached hydrogens (tertiary/aromatic N) is 1. The van der Waals surface area contributed by atoms with Gasteiger partial charge >= 0.3 is 0 Å². The average molecular weight is 191 g/mol. The number of hydrogen-bond donors (Lipinski definition) is 0. The summed E-state index contributed by atoms with van der Waals surface area (Å²) in [6.07, 6.45) is 7.63. The minimum Gasteiger partial charge on any atom is -0.264 e. The zero-order chi connectivity index (χ0) is 10.6. The molecule has 1 nitrogen and oxygen atoms in total. The second-order valence-corrected chi connectivity index (χ2v) is 4.89. The molecule has 0 saturated heterocycles. The van der Waals surface area contributed by atoms with E-state index in [9.17, 15) is 0 Å². The lowest BCUT2D eigenvalue weighted by Gasteiger charge is -2.22. The summed E-state index contributed by atoms with van der Waals surface area (Å²) in [6, 6.07) is 2.16. The van der Waals surface area contributed by atoms with Crippen molar-refractivity contribution in [1.29, 1.82) is 0 Å². The molecule has 0 atom stereocenters. The Morgan fingerprint density at radius 1 is 1.29 bits per heavy atom. The zero-order valence-corrected chi connectivity index (χ0v) is 9.80. The number of pyridine rings is 1. The first-order valence-corrected chi connectivity index (χ1v) is 5.49. The van der Waals surface area contributed by atoms with E-state index in [1.165, 1.54) is 30.4 Å². The molecule has 1 aromatic rings. The zero-order valence-electron chi connectivity index (χ0n) is 9.80. The van der Waals surface area contributed by atoms with Crippen LogP contribution in [0.1, 0.15) is 51.7 Å². The molecule has 0 aliphatic carbocycles. The normalized spacial score (nSPS) is 11.7. The molecule has 0 aromatic carbocycles. The van der Waals surface area contributed by atoms with E-state index in [0.717, 1.165) is 0 Å². The molecule has 14 heavy (non-hydrogen) atoms. The molecule has 1 aromatic heterocycles. The largest absolute Gasteiger partial charge is 0.264 e. The highest BCUT2D eigenvalue weighted by molar-refractivity contribution is 5.29. The molecule has 78 valence electrons. The third-order valence-corrected chi connectivity index (χ3v) is 2.52. The molecule has 0 unspecified atom stereocenters. The Morgan fingerprint density at radius 2 is 2.00 bits per heavy atom. The van der Waals surface area contributed by atoms with Gasteiger partial charge in [0.1, 0.15) is 0 Å². The van der Waals surface area contributed by atoms with Crippen LogP contribution in [0.15, 0.2) is 18.5 Å². The number of aryl methyl sites for hydroxylation is 1. The maximum absolute atomic E-state index is 4.22. The molecule has 1 heteroatoms. The van der Waals surface area contributed by atoms with E-state index in [1.54, 1.807) is 0 Å². The predicted octanol–water partition coefficient (Wildman–Crippen LogP) is 3.72. The first-order valence-electron chi connectivity index (χ1n) is 5.49. The summed E-state index contributed by atoms with van der Waals surface area (Å²) in [4.78, 5) is 4.22. The predicted molar refractivity (Wildman–Crippen MR) is 61.5 cm³/mol. The first kappa shape index (κ1) is 11.2. The van der Waals surface area contributed by atoms with Gasteiger partial charge in [-0.15, -0.1) is 0 Å². The molecule has 0 saturated carbocycles. The third-order valence-electron chi connectivity index (χ3n) is 2.52. The summed E-state index contributed by atoms with van der Waals surface area (Å²) >= 11 is 0. The second kappa shape index (κ2) is 4.59. The highest BCUT2D eigenvalue weighted by Crippen LogP contribution is 2.25. The van der Waals surface area contributed by atoms with Crippen molar-refractivity contribution in [3.8, 4) is 0 Å². The van der Waals surface area contributed by atoms with Crippen LogP contribution in [0, 0.1) is 0 Å². The van der Waals surface area contributed by atoms with Crippen molar-refractivity contribution in [3.05, 3.63) is 29.6 Å². The fraction of sp³-hybridized carbons (Fsp3) is 0.615. The van der Waals surface area contributed by atoms with Gasteiger partial charge in [-0.05, 0) is 35.4 Å². The maximum atomic E-state index is 4.22. The molecule has 0 aliphatic heterocycles. The lowest BCUT2D eigenvalue weighted by Crippen LogP contribution is -2.14. The van der Waals surface area contributed by atoms with Crippen LogP contribution < -0.4 is 0 Å². The number of unbranched alkanes of at least 4 members (excludes halogenated alkanes) is 1. The van der Waals surface area contributed by atoms with E-state index >= 15 is 0 Å². The van der Waals surface area contributed by atoms with E-state index in [0.29, 0.717) is 0 Å². The van der Waals surface area contributed by atoms with Gasteiger partial charge < -0.3 is 0 Å². The first-order chi connectivity index (χ1) is 6.55. The Hall–Kier alpha value is -0.850. The van der Waals surface area contributed by atoms with Gasteiger partial charge in [-0.25, -0.2) is 0 Å². The second-order valence-electron chi connectivity index (χ2n) is 4.89. The van der Waals surface area contributed by atoms with E-state index in [2.05, 4.69) is 38.7 Å². The summed E-state index contributed by atoms with van der Waals surface area (Å²) in [5, 5.41) is 0. The number of hydrogen-bond acceptors (Lipinski definition) is 1. The lowest BCUT2D eigenvalue weighted by atomic mass is 9.84. The van der Waals surface area contributed by atoms with Crippen LogP contribution in [0.25, 0.3) is 0 Å². The monoisotopic (exact) mass is 191 g/mol. The molecule has 0 bridgehead atoms. The molecule has 0 fully saturated rings. The van der Waals surface area contributed by atoms with Gasteiger partial charge in [0, 0.05) is 12.4 Å². The Bertz CT molecular complexity index is 284. The summed E-state index contributed by atoms with van der Waals surface area (Å²) in [5.74, 6) is 0. The minimum absolute atomic E-state index is 0.220. The van der Waals surface area contributed by atoms with Crippen LogP contribution >= 0.6 is 0 Å². The highest BCUT2D eigenvalue weighted by Gasteiger charge is 2.17. The van der Waals surface area contributed by atoms with Crippen LogP contribution in [-0.2, 0) is 11.8 Å². The van der Waals surface area contributed by atoms with Gasteiger partial charge in [-0.3, -0.25) is 4.98 Å². The van der Waals surface area contributed by atoms with Crippen LogP contribution in [0.2, 0.25) is 0 Å². The van der Waals surface area contributed by atoms with E-state index in [-0.39, 0.29) is 5.41 Å². The van der Waals surface area contributed by atoms with Gasteiger partial charge in [0.2, 0.25) is 0 Å². The van der Waals surface area contributed by atoms with Crippen molar-refractivity contribution in [2.45, 2.75) is 52.4 Å². The SMILES string of the molecule is CCCCc1ccncc1C(C)(C)C. The van der Waals surface area contributed by atoms with Crippen molar-refractivity contribution < 1.29 is 0 Å². The van der Waals surface area contributed by atoms with Crippen LogP contribution in [0.3, 0.4) is 0 Å². The molecule has 0 amide bonds. The van der Waals surface area contributed by atoms with Gasteiger partial charge in [0.05, 0.1) is 0 Å². The Morgan fingerprint density at radius 3 is 2.57 bits per heavy atom. The topological polar surface area (TPSA) is 12.9 Å². The molecular weight excluding hydrogens is 170 g/mol. The summed E-state index contributed by atoms with van der Waals surface area (Å²) < 4.78 is 0. The van der Waals surface area contributed by atoms with E-state index in [4.69, 9.17) is 0 Å². The van der Waals surface area contributed by atoms with Crippen molar-refractivity contribution in [2.24, 2.45) is 0 Å². The Labute approximate surface area is 87.6 Å². The number of aromatic nitrogens is 1. The van der Waals surface area contributed by atoms with Crippen LogP contribution in [0.5, 0.6) is 0 Å². The third kappa shape index (κ3) is 2.83. The molecule has 1 heterocycles. The van der Waals surface area contributed by atoms with Gasteiger partial charge in [0.15, 0.2) is 0 Å². The van der Waals surface area contributed by atoms with Gasteiger partial charge in [-0.2, -0.15) is 0 Å². The van der Waals surface area contributed by atoms with Crippen molar-refractivity contribution in [2.75, 3.05) is 0 Å². The van der Waals surface area contributed by atoms with Crippen molar-refractivity contribution in [3.63, 3.8) is 0 Å². The van der Waals surface area contributed by atoms with Gasteiger partial charge in [-0.1, -0.05) is 34.1 Å². The Kier molecular flexibility index (Phi) is 3.68. The lowest BCUT2D eigenvalue weighted by molar-refractivity contribution is 0.576. The molecule has 0 N–H and O–H groups in total. The maximum Gasteiger partial charge on any atom is 0.0307 e. The van der Waals surface area contributed by atoms with Crippen molar-refractivity contribution >= 4 is 0 Å². The standard InChI is InChI=1S/C13H21N/c1-5-6-7-11-8-9-14-10-12(11)13(2,3)4/h8-10H,5-7H2,1-4H3. The minimum atomic E-state index is 0.220. The van der Waals surface area contributed by atoms with E-state index in [1.807, 2.05) is 12.4 Å². The summed E-state index contributed by atoms with van der Waals surface area (Å²) in [7, 11) is 0. The average Bonchev–Trinajstić information content (AvgIpc) is 2.14. The Balaban J connectivity index is 2.92. The summed E-state index contributed by atoms with van der Waals surface area (Å²) in [6.45, 7) is 8.98. The highest BCUT2D eigenvalue weighted by atomic mass is 14.6. The molecule has 0 radical (unpaired) electrons. The molecular formula is C13H21N. The quantitative estimate of drug-likeness (QED) is 0.709. The van der Waals surface area contributed by atoms with Crippen molar-refractivity contribution in [1.82, 2.24) is 4.98 Å². The van der Waals surface area contributed by atoms with Gasteiger partial charge in [0.25, 0.3) is 0 Å².